The third-order valence-electron chi connectivity index (χ3n) is 4.54. The van der Waals surface area contributed by atoms with Crippen molar-refractivity contribution in [3.05, 3.63) is 54.1 Å². The van der Waals surface area contributed by atoms with Gasteiger partial charge in [0.2, 0.25) is 11.8 Å². The maximum atomic E-state index is 12.7. The van der Waals surface area contributed by atoms with Crippen molar-refractivity contribution in [1.82, 2.24) is 10.2 Å². The molecule has 6 nitrogen and oxygen atoms in total. The van der Waals surface area contributed by atoms with Crippen molar-refractivity contribution in [2.75, 3.05) is 17.8 Å². The Morgan fingerprint density at radius 1 is 1.22 bits per heavy atom. The number of anilines is 1. The van der Waals surface area contributed by atoms with Crippen molar-refractivity contribution in [2.24, 2.45) is 0 Å². The topological polar surface area (TPSA) is 68.5 Å². The molecule has 0 N–H and O–H groups in total. The zero-order valence-electron chi connectivity index (χ0n) is 15.1. The van der Waals surface area contributed by atoms with Crippen LogP contribution in [0.2, 0.25) is 0 Å². The molecule has 3 aromatic rings. The van der Waals surface area contributed by atoms with Gasteiger partial charge in [0.15, 0.2) is 0 Å². The van der Waals surface area contributed by atoms with Crippen LogP contribution in [-0.4, -0.2) is 35.0 Å². The number of ether oxygens (including phenoxy) is 1. The molecule has 1 aromatic heterocycles. The fourth-order valence-corrected chi connectivity index (χ4v) is 3.88. The van der Waals surface area contributed by atoms with Gasteiger partial charge in [0.05, 0.1) is 12.9 Å². The van der Waals surface area contributed by atoms with Crippen LogP contribution in [-0.2, 0) is 11.2 Å². The number of aromatic nitrogens is 2. The second kappa shape index (κ2) is 7.44. The molecule has 0 bridgehead atoms. The van der Waals surface area contributed by atoms with Gasteiger partial charge < -0.3 is 14.1 Å². The first-order valence-corrected chi connectivity index (χ1v) is 9.65. The molecule has 7 heteroatoms. The largest absolute Gasteiger partial charge is 0.497 e. The molecule has 1 aliphatic heterocycles. The predicted molar refractivity (Wildman–Crippen MR) is 104 cm³/mol. The summed E-state index contributed by atoms with van der Waals surface area (Å²) >= 11 is 1.26. The molecule has 4 rings (SSSR count). The highest BCUT2D eigenvalue weighted by atomic mass is 32.2. The van der Waals surface area contributed by atoms with Crippen molar-refractivity contribution in [3.63, 3.8) is 0 Å². The Kier molecular flexibility index (Phi) is 4.85. The number of fused-ring (bicyclic) bond motifs is 1. The SMILES string of the molecule is COc1ccc(-c2nnc(SCC(=O)N3c4ccccc4C[C@H]3C)o2)cc1. The minimum absolute atomic E-state index is 0.0432. The number of benzene rings is 2. The fourth-order valence-electron chi connectivity index (χ4n) is 3.26. The van der Waals surface area contributed by atoms with Crippen molar-refractivity contribution in [1.29, 1.82) is 0 Å². The van der Waals surface area contributed by atoms with Gasteiger partial charge >= 0.3 is 0 Å². The van der Waals surface area contributed by atoms with E-state index in [2.05, 4.69) is 23.2 Å². The van der Waals surface area contributed by atoms with E-state index in [-0.39, 0.29) is 17.7 Å². The number of amides is 1. The summed E-state index contributed by atoms with van der Waals surface area (Å²) in [7, 11) is 1.62. The van der Waals surface area contributed by atoms with Gasteiger partial charge in [0.1, 0.15) is 5.75 Å². The van der Waals surface area contributed by atoms with Crippen molar-refractivity contribution < 1.29 is 13.9 Å². The summed E-state index contributed by atoms with van der Waals surface area (Å²) in [6.45, 7) is 2.07. The Morgan fingerprint density at radius 2 is 2.00 bits per heavy atom. The van der Waals surface area contributed by atoms with E-state index >= 15 is 0 Å². The van der Waals surface area contributed by atoms with E-state index in [1.807, 2.05) is 47.4 Å². The fraction of sp³-hybridized carbons (Fsp3) is 0.250. The second-order valence-electron chi connectivity index (χ2n) is 6.34. The number of thioether (sulfide) groups is 1. The average molecular weight is 381 g/mol. The third kappa shape index (κ3) is 3.55. The second-order valence-corrected chi connectivity index (χ2v) is 7.26. The van der Waals surface area contributed by atoms with E-state index in [1.54, 1.807) is 7.11 Å². The third-order valence-corrected chi connectivity index (χ3v) is 5.34. The van der Waals surface area contributed by atoms with Crippen molar-refractivity contribution in [3.8, 4) is 17.2 Å². The smallest absolute Gasteiger partial charge is 0.277 e. The van der Waals surface area contributed by atoms with Crippen LogP contribution in [0.4, 0.5) is 5.69 Å². The van der Waals surface area contributed by atoms with Crippen LogP contribution in [0.15, 0.2) is 58.2 Å². The standard InChI is InChI=1S/C20H19N3O3S/c1-13-11-15-5-3-4-6-17(15)23(13)18(24)12-27-20-22-21-19(26-20)14-7-9-16(25-2)10-8-14/h3-10,13H,11-12H2,1-2H3/t13-/m1/s1. The number of nitrogens with zero attached hydrogens (tertiary/aromatic N) is 3. The van der Waals surface area contributed by atoms with Crippen molar-refractivity contribution >= 4 is 23.4 Å². The van der Waals surface area contributed by atoms with E-state index in [4.69, 9.17) is 9.15 Å². The van der Waals surface area contributed by atoms with E-state index < -0.39 is 0 Å². The molecule has 0 spiro atoms. The zero-order chi connectivity index (χ0) is 18.8. The lowest BCUT2D eigenvalue weighted by Crippen LogP contribution is -2.36. The molecule has 2 aromatic carbocycles. The predicted octanol–water partition coefficient (Wildman–Crippen LogP) is 3.82. The van der Waals surface area contributed by atoms with Crippen LogP contribution < -0.4 is 9.64 Å². The first-order chi connectivity index (χ1) is 13.2. The summed E-state index contributed by atoms with van der Waals surface area (Å²) in [5.74, 6) is 1.48. The van der Waals surface area contributed by atoms with Crippen LogP contribution >= 0.6 is 11.8 Å². The molecule has 2 heterocycles. The number of carbonyl (C=O) groups is 1. The van der Waals surface area contributed by atoms with Gasteiger partial charge in [-0.3, -0.25) is 4.79 Å². The Morgan fingerprint density at radius 3 is 2.78 bits per heavy atom. The quantitative estimate of drug-likeness (QED) is 0.626. The van der Waals surface area contributed by atoms with E-state index in [9.17, 15) is 4.79 Å². The first kappa shape index (κ1) is 17.6. The lowest BCUT2D eigenvalue weighted by Gasteiger charge is -2.22. The molecule has 0 unspecified atom stereocenters. The lowest BCUT2D eigenvalue weighted by atomic mass is 10.1. The average Bonchev–Trinajstić information content (AvgIpc) is 3.30. The summed E-state index contributed by atoms with van der Waals surface area (Å²) in [4.78, 5) is 14.6. The van der Waals surface area contributed by atoms with Gasteiger partial charge in [-0.25, -0.2) is 0 Å². The normalized spacial score (nSPS) is 15.6. The molecular weight excluding hydrogens is 362 g/mol. The molecule has 27 heavy (non-hydrogen) atoms. The van der Waals surface area contributed by atoms with Crippen molar-refractivity contribution in [2.45, 2.75) is 24.6 Å². The molecule has 0 saturated carbocycles. The molecule has 0 aliphatic carbocycles. The zero-order valence-corrected chi connectivity index (χ0v) is 15.9. The molecular formula is C20H19N3O3S. The molecule has 0 saturated heterocycles. The van der Waals surface area contributed by atoms with Crippen LogP contribution in [0.5, 0.6) is 5.75 Å². The summed E-state index contributed by atoms with van der Waals surface area (Å²) in [6, 6.07) is 15.6. The van der Waals surface area contributed by atoms with Crippen LogP contribution in [0.25, 0.3) is 11.5 Å². The number of rotatable bonds is 5. The van der Waals surface area contributed by atoms with E-state index in [0.29, 0.717) is 11.1 Å². The van der Waals surface area contributed by atoms with E-state index in [0.717, 1.165) is 23.4 Å². The lowest BCUT2D eigenvalue weighted by molar-refractivity contribution is -0.116. The molecule has 138 valence electrons. The van der Waals surface area contributed by atoms with Gasteiger partial charge in [-0.1, -0.05) is 30.0 Å². The highest BCUT2D eigenvalue weighted by Gasteiger charge is 2.30. The minimum Gasteiger partial charge on any atom is -0.497 e. The van der Waals surface area contributed by atoms with Gasteiger partial charge in [-0.05, 0) is 49.2 Å². The maximum absolute atomic E-state index is 12.7. The molecule has 1 atom stereocenters. The number of hydrogen-bond donors (Lipinski definition) is 0. The highest BCUT2D eigenvalue weighted by Crippen LogP contribution is 2.33. The molecule has 1 amide bonds. The Bertz CT molecular complexity index is 955. The van der Waals surface area contributed by atoms with Gasteiger partial charge in [0, 0.05) is 17.3 Å². The van der Waals surface area contributed by atoms with Crippen LogP contribution in [0.3, 0.4) is 0 Å². The van der Waals surface area contributed by atoms with Gasteiger partial charge in [-0.2, -0.15) is 0 Å². The van der Waals surface area contributed by atoms with E-state index in [1.165, 1.54) is 17.3 Å². The number of carbonyl (C=O) groups excluding carboxylic acids is 1. The molecule has 0 fully saturated rings. The number of hydrogen-bond acceptors (Lipinski definition) is 6. The number of para-hydroxylation sites is 1. The van der Waals surface area contributed by atoms with Crippen LogP contribution in [0, 0.1) is 0 Å². The molecule has 1 aliphatic rings. The Hall–Kier alpha value is -2.80. The summed E-state index contributed by atoms with van der Waals surface area (Å²) in [5, 5.41) is 8.49. The summed E-state index contributed by atoms with van der Waals surface area (Å²) < 4.78 is 10.8. The monoisotopic (exact) mass is 381 g/mol. The van der Waals surface area contributed by atoms with Gasteiger partial charge in [0.25, 0.3) is 5.22 Å². The van der Waals surface area contributed by atoms with Crippen LogP contribution in [0.1, 0.15) is 12.5 Å². The maximum Gasteiger partial charge on any atom is 0.277 e. The minimum atomic E-state index is 0.0432. The number of methoxy groups -OCH3 is 1. The first-order valence-electron chi connectivity index (χ1n) is 8.66. The molecule has 0 radical (unpaired) electrons. The Balaban J connectivity index is 1.42. The summed E-state index contributed by atoms with van der Waals surface area (Å²) in [5.41, 5.74) is 3.02. The highest BCUT2D eigenvalue weighted by molar-refractivity contribution is 7.99. The summed E-state index contributed by atoms with van der Waals surface area (Å²) in [6.07, 6.45) is 0.884. The van der Waals surface area contributed by atoms with Gasteiger partial charge in [-0.15, -0.1) is 10.2 Å². The Labute approximate surface area is 161 Å².